The maximum absolute atomic E-state index is 12.6. The minimum atomic E-state index is -0.239. The fourth-order valence-electron chi connectivity index (χ4n) is 3.45. The van der Waals surface area contributed by atoms with Crippen LogP contribution in [0.25, 0.3) is 0 Å². The van der Waals surface area contributed by atoms with Gasteiger partial charge in [-0.3, -0.25) is 4.79 Å². The number of carbonyl (C=O) groups is 1. The van der Waals surface area contributed by atoms with Gasteiger partial charge in [0.05, 0.1) is 37.8 Å². The number of nitrogens with one attached hydrogen (secondary N) is 1. The molecule has 0 atom stereocenters. The third kappa shape index (κ3) is 4.09. The molecule has 1 aromatic carbocycles. The van der Waals surface area contributed by atoms with Crippen molar-refractivity contribution in [2.45, 2.75) is 6.92 Å². The maximum atomic E-state index is 12.6. The van der Waals surface area contributed by atoms with Crippen LogP contribution >= 0.6 is 0 Å². The number of nitrogens with zero attached hydrogens (tertiary/aromatic N) is 2. The standard InChI is InChI=1S/C20H25N3O4/c1-15-2-5-19(27-15)20(24)21-17-4-3-16(22-6-10-25-11-7-22)14-18(17)23-8-12-26-13-9-23/h2-5,14H,6-13H2,1H3,(H,21,24). The molecule has 2 aromatic rings. The third-order valence-electron chi connectivity index (χ3n) is 4.92. The van der Waals surface area contributed by atoms with Crippen LogP contribution in [0.15, 0.2) is 34.7 Å². The molecule has 1 amide bonds. The lowest BCUT2D eigenvalue weighted by Gasteiger charge is -2.33. The van der Waals surface area contributed by atoms with Crippen molar-refractivity contribution in [1.82, 2.24) is 0 Å². The number of benzene rings is 1. The average Bonchev–Trinajstić information content (AvgIpc) is 3.16. The first-order valence-corrected chi connectivity index (χ1v) is 9.38. The average molecular weight is 371 g/mol. The molecule has 2 saturated heterocycles. The van der Waals surface area contributed by atoms with Crippen LogP contribution in [0.5, 0.6) is 0 Å². The summed E-state index contributed by atoms with van der Waals surface area (Å²) in [6, 6.07) is 9.67. The third-order valence-corrected chi connectivity index (χ3v) is 4.92. The highest BCUT2D eigenvalue weighted by Gasteiger charge is 2.20. The number of hydrogen-bond donors (Lipinski definition) is 1. The van der Waals surface area contributed by atoms with Crippen molar-refractivity contribution in [3.8, 4) is 0 Å². The van der Waals surface area contributed by atoms with E-state index in [2.05, 4.69) is 27.2 Å². The molecule has 4 rings (SSSR count). The van der Waals surface area contributed by atoms with Crippen molar-refractivity contribution in [3.05, 3.63) is 41.9 Å². The Morgan fingerprint density at radius 3 is 2.22 bits per heavy atom. The first kappa shape index (κ1) is 17.9. The number of morpholine rings is 2. The number of carbonyl (C=O) groups excluding carboxylic acids is 1. The highest BCUT2D eigenvalue weighted by molar-refractivity contribution is 6.04. The van der Waals surface area contributed by atoms with Gasteiger partial charge in [0.15, 0.2) is 5.76 Å². The van der Waals surface area contributed by atoms with Gasteiger partial charge in [0, 0.05) is 31.9 Å². The van der Waals surface area contributed by atoms with E-state index >= 15 is 0 Å². The zero-order valence-corrected chi connectivity index (χ0v) is 15.6. The number of amides is 1. The van der Waals surface area contributed by atoms with Gasteiger partial charge in [-0.1, -0.05) is 0 Å². The van der Waals surface area contributed by atoms with E-state index in [9.17, 15) is 4.79 Å². The number of rotatable bonds is 4. The predicted octanol–water partition coefficient (Wildman–Crippen LogP) is 2.51. The Hall–Kier alpha value is -2.51. The quantitative estimate of drug-likeness (QED) is 0.891. The highest BCUT2D eigenvalue weighted by Crippen LogP contribution is 2.32. The van der Waals surface area contributed by atoms with Crippen molar-refractivity contribution in [2.75, 3.05) is 67.7 Å². The number of aryl methyl sites for hydroxylation is 1. The first-order valence-electron chi connectivity index (χ1n) is 9.38. The molecule has 144 valence electrons. The molecule has 0 aliphatic carbocycles. The van der Waals surface area contributed by atoms with Crippen molar-refractivity contribution < 1.29 is 18.7 Å². The Balaban J connectivity index is 1.61. The van der Waals surface area contributed by atoms with Crippen LogP contribution in [-0.4, -0.2) is 58.5 Å². The summed E-state index contributed by atoms with van der Waals surface area (Å²) in [7, 11) is 0. The fourth-order valence-corrected chi connectivity index (χ4v) is 3.45. The van der Waals surface area contributed by atoms with Crippen LogP contribution in [0.3, 0.4) is 0 Å². The lowest BCUT2D eigenvalue weighted by atomic mass is 10.1. The van der Waals surface area contributed by atoms with Crippen LogP contribution in [0.1, 0.15) is 16.3 Å². The number of hydrogen-bond acceptors (Lipinski definition) is 6. The van der Waals surface area contributed by atoms with Crippen molar-refractivity contribution in [2.24, 2.45) is 0 Å². The Labute approximate surface area is 158 Å². The normalized spacial score (nSPS) is 17.8. The lowest BCUT2D eigenvalue weighted by Crippen LogP contribution is -2.38. The second-order valence-electron chi connectivity index (χ2n) is 6.76. The van der Waals surface area contributed by atoms with Gasteiger partial charge in [-0.25, -0.2) is 0 Å². The Morgan fingerprint density at radius 2 is 1.59 bits per heavy atom. The van der Waals surface area contributed by atoms with Crippen LogP contribution in [0.2, 0.25) is 0 Å². The van der Waals surface area contributed by atoms with Gasteiger partial charge in [0.25, 0.3) is 5.91 Å². The summed E-state index contributed by atoms with van der Waals surface area (Å²) in [4.78, 5) is 17.1. The van der Waals surface area contributed by atoms with E-state index in [1.165, 1.54) is 0 Å². The summed E-state index contributed by atoms with van der Waals surface area (Å²) in [6.45, 7) is 8.03. The Bertz CT molecular complexity index is 792. The van der Waals surface area contributed by atoms with E-state index in [0.29, 0.717) is 19.0 Å². The van der Waals surface area contributed by atoms with Gasteiger partial charge in [0.2, 0.25) is 0 Å². The number of furan rings is 1. The van der Waals surface area contributed by atoms with Gasteiger partial charge in [-0.2, -0.15) is 0 Å². The summed E-state index contributed by atoms with van der Waals surface area (Å²) in [5, 5.41) is 3.01. The van der Waals surface area contributed by atoms with Crippen molar-refractivity contribution in [3.63, 3.8) is 0 Å². The van der Waals surface area contributed by atoms with Gasteiger partial charge >= 0.3 is 0 Å². The summed E-state index contributed by atoms with van der Waals surface area (Å²) in [6.07, 6.45) is 0. The molecule has 27 heavy (non-hydrogen) atoms. The second-order valence-corrected chi connectivity index (χ2v) is 6.76. The zero-order valence-electron chi connectivity index (χ0n) is 15.6. The minimum absolute atomic E-state index is 0.239. The van der Waals surface area contributed by atoms with Crippen molar-refractivity contribution in [1.29, 1.82) is 0 Å². The Morgan fingerprint density at radius 1 is 0.926 bits per heavy atom. The summed E-state index contributed by atoms with van der Waals surface area (Å²) >= 11 is 0. The second kappa shape index (κ2) is 8.02. The van der Waals surface area contributed by atoms with Gasteiger partial charge in [-0.15, -0.1) is 0 Å². The van der Waals surface area contributed by atoms with Crippen LogP contribution in [0, 0.1) is 6.92 Å². The highest BCUT2D eigenvalue weighted by atomic mass is 16.5. The maximum Gasteiger partial charge on any atom is 0.291 e. The Kier molecular flexibility index (Phi) is 5.31. The molecule has 2 aliphatic rings. The first-order chi connectivity index (χ1) is 13.2. The minimum Gasteiger partial charge on any atom is -0.456 e. The monoisotopic (exact) mass is 371 g/mol. The predicted molar refractivity (Wildman–Crippen MR) is 104 cm³/mol. The number of ether oxygens (including phenoxy) is 2. The molecular weight excluding hydrogens is 346 g/mol. The molecule has 3 heterocycles. The molecule has 2 aliphatic heterocycles. The number of anilines is 3. The molecule has 7 nitrogen and oxygen atoms in total. The SMILES string of the molecule is Cc1ccc(C(=O)Nc2ccc(N3CCOCC3)cc2N2CCOCC2)o1. The largest absolute Gasteiger partial charge is 0.456 e. The van der Waals surface area contributed by atoms with E-state index in [1.807, 2.05) is 13.0 Å². The van der Waals surface area contributed by atoms with E-state index < -0.39 is 0 Å². The molecule has 0 unspecified atom stereocenters. The summed E-state index contributed by atoms with van der Waals surface area (Å²) in [5.41, 5.74) is 2.94. The molecule has 1 aromatic heterocycles. The van der Waals surface area contributed by atoms with Gasteiger partial charge < -0.3 is 29.0 Å². The molecular formula is C20H25N3O4. The zero-order chi connectivity index (χ0) is 18.6. The molecule has 0 spiro atoms. The lowest BCUT2D eigenvalue weighted by molar-refractivity contribution is 0.0995. The molecule has 0 radical (unpaired) electrons. The van der Waals surface area contributed by atoms with Gasteiger partial charge in [-0.05, 0) is 37.3 Å². The van der Waals surface area contributed by atoms with E-state index in [0.717, 1.165) is 62.2 Å². The molecule has 1 N–H and O–H groups in total. The fraction of sp³-hybridized carbons (Fsp3) is 0.450. The molecule has 0 bridgehead atoms. The topological polar surface area (TPSA) is 67.2 Å². The van der Waals surface area contributed by atoms with Crippen LogP contribution < -0.4 is 15.1 Å². The van der Waals surface area contributed by atoms with Crippen molar-refractivity contribution >= 4 is 23.0 Å². The van der Waals surface area contributed by atoms with Crippen LogP contribution in [-0.2, 0) is 9.47 Å². The molecule has 0 saturated carbocycles. The summed E-state index contributed by atoms with van der Waals surface area (Å²) < 4.78 is 16.4. The van der Waals surface area contributed by atoms with E-state index in [1.54, 1.807) is 12.1 Å². The van der Waals surface area contributed by atoms with E-state index in [4.69, 9.17) is 13.9 Å². The van der Waals surface area contributed by atoms with Crippen LogP contribution in [0.4, 0.5) is 17.1 Å². The summed E-state index contributed by atoms with van der Waals surface area (Å²) in [5.74, 6) is 0.797. The van der Waals surface area contributed by atoms with E-state index in [-0.39, 0.29) is 5.91 Å². The smallest absolute Gasteiger partial charge is 0.291 e. The van der Waals surface area contributed by atoms with Gasteiger partial charge in [0.1, 0.15) is 5.76 Å². The molecule has 7 heteroatoms. The molecule has 2 fully saturated rings.